The standard InChI is InChI=1S/C28H25N5O3S/c1-16-14-32(15-29-16)22-8-6-19(13-23(22)36-5)25-17(2)24-26(34)33(28(35)31(4)27(24)37-25)20-7-9-21-18(12-20)10-11-30(21)3/h6-15H,1-5H3. The molecule has 4 heterocycles. The Hall–Kier alpha value is -4.37. The van der Waals surface area contributed by atoms with E-state index in [0.29, 0.717) is 21.7 Å². The first-order valence-corrected chi connectivity index (χ1v) is 12.6. The van der Waals surface area contributed by atoms with Gasteiger partial charge in [0.2, 0.25) is 0 Å². The fourth-order valence-electron chi connectivity index (χ4n) is 4.92. The van der Waals surface area contributed by atoms with Crippen LogP contribution in [0.25, 0.3) is 42.9 Å². The summed E-state index contributed by atoms with van der Waals surface area (Å²) >= 11 is 1.44. The molecule has 0 radical (unpaired) electrons. The summed E-state index contributed by atoms with van der Waals surface area (Å²) < 4.78 is 12.5. The number of benzene rings is 2. The Morgan fingerprint density at radius 1 is 1.00 bits per heavy atom. The largest absolute Gasteiger partial charge is 0.495 e. The van der Waals surface area contributed by atoms with Crippen molar-refractivity contribution in [2.75, 3.05) is 7.11 Å². The number of rotatable bonds is 4. The molecule has 8 nitrogen and oxygen atoms in total. The molecule has 0 aliphatic rings. The number of fused-ring (bicyclic) bond motifs is 2. The molecular formula is C28H25N5O3S. The SMILES string of the molecule is COc1cc(-c2sc3c(c2C)c(=O)n(-c2ccc4c(ccn4C)c2)c(=O)n3C)ccc1-n1cnc(C)c1. The maximum absolute atomic E-state index is 13.8. The summed E-state index contributed by atoms with van der Waals surface area (Å²) in [7, 11) is 5.32. The third-order valence-corrected chi connectivity index (χ3v) is 8.30. The third-order valence-electron chi connectivity index (χ3n) is 6.89. The maximum Gasteiger partial charge on any atom is 0.336 e. The minimum atomic E-state index is -0.371. The molecule has 186 valence electrons. The van der Waals surface area contributed by atoms with Crippen LogP contribution in [0.15, 0.2) is 70.8 Å². The van der Waals surface area contributed by atoms with E-state index in [1.807, 2.05) is 84.9 Å². The van der Waals surface area contributed by atoms with Crippen LogP contribution in [0, 0.1) is 13.8 Å². The lowest BCUT2D eigenvalue weighted by molar-refractivity contribution is 0.413. The normalized spacial score (nSPS) is 11.6. The molecular weight excluding hydrogens is 486 g/mol. The van der Waals surface area contributed by atoms with Crippen molar-refractivity contribution >= 4 is 32.5 Å². The lowest BCUT2D eigenvalue weighted by atomic mass is 10.1. The second-order valence-electron chi connectivity index (χ2n) is 9.20. The quantitative estimate of drug-likeness (QED) is 0.343. The highest BCUT2D eigenvalue weighted by atomic mass is 32.1. The molecule has 2 aromatic carbocycles. The molecule has 6 rings (SSSR count). The molecule has 0 aliphatic carbocycles. The van der Waals surface area contributed by atoms with Crippen LogP contribution in [0.5, 0.6) is 5.75 Å². The predicted molar refractivity (Wildman–Crippen MR) is 148 cm³/mol. The van der Waals surface area contributed by atoms with E-state index in [1.165, 1.54) is 15.9 Å². The molecule has 9 heteroatoms. The number of nitrogens with zero attached hydrogens (tertiary/aromatic N) is 5. The van der Waals surface area contributed by atoms with Crippen molar-refractivity contribution in [1.82, 2.24) is 23.3 Å². The van der Waals surface area contributed by atoms with Crippen molar-refractivity contribution in [1.29, 1.82) is 0 Å². The second-order valence-corrected chi connectivity index (χ2v) is 10.2. The number of aromatic nitrogens is 5. The fraction of sp³-hybridized carbons (Fsp3) is 0.179. The summed E-state index contributed by atoms with van der Waals surface area (Å²) in [5.41, 5.74) is 4.44. The number of aryl methyl sites for hydroxylation is 4. The number of imidazole rings is 1. The highest BCUT2D eigenvalue weighted by Gasteiger charge is 2.21. The number of hydrogen-bond acceptors (Lipinski definition) is 5. The van der Waals surface area contributed by atoms with Gasteiger partial charge in [0.25, 0.3) is 5.56 Å². The van der Waals surface area contributed by atoms with E-state index in [4.69, 9.17) is 4.74 Å². The van der Waals surface area contributed by atoms with Gasteiger partial charge in [0.1, 0.15) is 10.6 Å². The molecule has 0 spiro atoms. The number of methoxy groups -OCH3 is 1. The molecule has 6 aromatic rings. The Morgan fingerprint density at radius 2 is 1.81 bits per heavy atom. The minimum Gasteiger partial charge on any atom is -0.495 e. The monoisotopic (exact) mass is 511 g/mol. The van der Waals surface area contributed by atoms with Gasteiger partial charge in [0.05, 0.1) is 35.9 Å². The fourth-order valence-corrected chi connectivity index (χ4v) is 6.17. The van der Waals surface area contributed by atoms with Gasteiger partial charge >= 0.3 is 5.69 Å². The van der Waals surface area contributed by atoms with E-state index in [9.17, 15) is 9.59 Å². The van der Waals surface area contributed by atoms with Gasteiger partial charge in [-0.1, -0.05) is 6.07 Å². The first-order chi connectivity index (χ1) is 17.8. The number of ether oxygens (including phenoxy) is 1. The molecule has 0 saturated carbocycles. The average molecular weight is 512 g/mol. The predicted octanol–water partition coefficient (Wildman–Crippen LogP) is 4.72. The first-order valence-electron chi connectivity index (χ1n) is 11.8. The number of thiophene rings is 1. The Balaban J connectivity index is 1.55. The summed E-state index contributed by atoms with van der Waals surface area (Å²) in [5, 5.41) is 1.51. The first kappa shape index (κ1) is 23.1. The summed E-state index contributed by atoms with van der Waals surface area (Å²) in [6.07, 6.45) is 5.65. The zero-order chi connectivity index (χ0) is 26.0. The lowest BCUT2D eigenvalue weighted by Crippen LogP contribution is -2.37. The van der Waals surface area contributed by atoms with Gasteiger partial charge in [0.15, 0.2) is 0 Å². The van der Waals surface area contributed by atoms with Gasteiger partial charge in [-0.2, -0.15) is 0 Å². The highest BCUT2D eigenvalue weighted by molar-refractivity contribution is 7.22. The van der Waals surface area contributed by atoms with Crippen LogP contribution in [0.1, 0.15) is 11.3 Å². The van der Waals surface area contributed by atoms with Gasteiger partial charge < -0.3 is 13.9 Å². The summed E-state index contributed by atoms with van der Waals surface area (Å²) in [5.74, 6) is 0.689. The van der Waals surface area contributed by atoms with Crippen LogP contribution in [0.4, 0.5) is 0 Å². The van der Waals surface area contributed by atoms with Gasteiger partial charge in [-0.15, -0.1) is 11.3 Å². The van der Waals surface area contributed by atoms with Crippen LogP contribution in [-0.2, 0) is 14.1 Å². The smallest absolute Gasteiger partial charge is 0.336 e. The molecule has 0 amide bonds. The van der Waals surface area contributed by atoms with E-state index < -0.39 is 0 Å². The molecule has 0 unspecified atom stereocenters. The summed E-state index contributed by atoms with van der Waals surface area (Å²) in [4.78, 5) is 33.1. The van der Waals surface area contributed by atoms with Crippen molar-refractivity contribution in [3.8, 4) is 27.6 Å². The Bertz CT molecular complexity index is 1970. The zero-order valence-corrected chi connectivity index (χ0v) is 22.0. The third kappa shape index (κ3) is 3.46. The molecule has 0 fully saturated rings. The van der Waals surface area contributed by atoms with Crippen molar-refractivity contribution < 1.29 is 4.74 Å². The number of hydrogen-bond donors (Lipinski definition) is 0. The average Bonchev–Trinajstić information content (AvgIpc) is 3.59. The van der Waals surface area contributed by atoms with Gasteiger partial charge in [-0.3, -0.25) is 9.36 Å². The Morgan fingerprint density at radius 3 is 2.54 bits per heavy atom. The van der Waals surface area contributed by atoms with Crippen LogP contribution in [0.2, 0.25) is 0 Å². The maximum atomic E-state index is 13.8. The topological polar surface area (TPSA) is 76.0 Å². The van der Waals surface area contributed by atoms with Crippen LogP contribution < -0.4 is 16.0 Å². The van der Waals surface area contributed by atoms with Crippen molar-refractivity contribution in [3.05, 3.63) is 93.3 Å². The van der Waals surface area contributed by atoms with E-state index in [2.05, 4.69) is 4.98 Å². The van der Waals surface area contributed by atoms with Crippen LogP contribution in [-0.4, -0.2) is 30.4 Å². The van der Waals surface area contributed by atoms with Crippen LogP contribution in [0.3, 0.4) is 0 Å². The minimum absolute atomic E-state index is 0.314. The highest BCUT2D eigenvalue weighted by Crippen LogP contribution is 2.39. The summed E-state index contributed by atoms with van der Waals surface area (Å²) in [6, 6.07) is 13.6. The van der Waals surface area contributed by atoms with E-state index in [-0.39, 0.29) is 11.2 Å². The molecule has 0 saturated heterocycles. The van der Waals surface area contributed by atoms with Crippen molar-refractivity contribution in [3.63, 3.8) is 0 Å². The Kier molecular flexibility index (Phi) is 5.20. The molecule has 0 bridgehead atoms. The Labute approximate surface area is 216 Å². The molecule has 0 atom stereocenters. The van der Waals surface area contributed by atoms with E-state index in [0.717, 1.165) is 38.3 Å². The van der Waals surface area contributed by atoms with Gasteiger partial charge in [-0.25, -0.2) is 14.3 Å². The van der Waals surface area contributed by atoms with Gasteiger partial charge in [-0.05, 0) is 61.4 Å². The van der Waals surface area contributed by atoms with Crippen molar-refractivity contribution in [2.24, 2.45) is 14.1 Å². The van der Waals surface area contributed by atoms with E-state index in [1.54, 1.807) is 25.1 Å². The molecule has 0 aliphatic heterocycles. The van der Waals surface area contributed by atoms with Crippen molar-refractivity contribution in [2.45, 2.75) is 13.8 Å². The second kappa shape index (κ2) is 8.35. The zero-order valence-electron chi connectivity index (χ0n) is 21.1. The van der Waals surface area contributed by atoms with Crippen LogP contribution >= 0.6 is 11.3 Å². The molecule has 4 aromatic heterocycles. The van der Waals surface area contributed by atoms with Gasteiger partial charge in [0, 0.05) is 42.3 Å². The molecule has 0 N–H and O–H groups in total. The molecule has 37 heavy (non-hydrogen) atoms. The lowest BCUT2D eigenvalue weighted by Gasteiger charge is -2.11. The van der Waals surface area contributed by atoms with E-state index >= 15 is 0 Å². The summed E-state index contributed by atoms with van der Waals surface area (Å²) in [6.45, 7) is 3.87.